The predicted molar refractivity (Wildman–Crippen MR) is 120 cm³/mol. The standard InChI is InChI=1S/C24H44N2O/c1-2-3-4-5-6-7-8-9-10-11-12-13-14-15-16-17-21-27-23-20-18-19-22(25)24(23)26/h18-20H,2-17,21,25-26H2,1H3. The van der Waals surface area contributed by atoms with Crippen molar-refractivity contribution in [3.8, 4) is 5.75 Å². The number of ether oxygens (including phenoxy) is 1. The van der Waals surface area contributed by atoms with E-state index in [1.54, 1.807) is 6.07 Å². The van der Waals surface area contributed by atoms with E-state index in [0.29, 0.717) is 11.4 Å². The van der Waals surface area contributed by atoms with Crippen LogP contribution < -0.4 is 16.2 Å². The summed E-state index contributed by atoms with van der Waals surface area (Å²) in [6.07, 6.45) is 22.1. The van der Waals surface area contributed by atoms with E-state index in [4.69, 9.17) is 16.2 Å². The van der Waals surface area contributed by atoms with E-state index in [2.05, 4.69) is 6.92 Å². The van der Waals surface area contributed by atoms with E-state index in [1.807, 2.05) is 12.1 Å². The lowest BCUT2D eigenvalue weighted by Crippen LogP contribution is -2.02. The Morgan fingerprint density at radius 2 is 1.07 bits per heavy atom. The van der Waals surface area contributed by atoms with Gasteiger partial charge in [-0.1, -0.05) is 109 Å². The molecule has 0 amide bonds. The molecule has 0 aliphatic heterocycles. The van der Waals surface area contributed by atoms with Gasteiger partial charge in [-0.05, 0) is 18.6 Å². The van der Waals surface area contributed by atoms with Crippen molar-refractivity contribution in [2.75, 3.05) is 18.1 Å². The molecule has 0 unspecified atom stereocenters. The Morgan fingerprint density at radius 3 is 1.56 bits per heavy atom. The summed E-state index contributed by atoms with van der Waals surface area (Å²) in [6.45, 7) is 3.01. The first-order valence-electron chi connectivity index (χ1n) is 11.5. The topological polar surface area (TPSA) is 61.3 Å². The molecule has 1 aromatic rings. The molecule has 27 heavy (non-hydrogen) atoms. The summed E-state index contributed by atoms with van der Waals surface area (Å²) < 4.78 is 5.73. The number of anilines is 2. The molecule has 3 heteroatoms. The molecule has 0 saturated carbocycles. The maximum Gasteiger partial charge on any atom is 0.144 e. The largest absolute Gasteiger partial charge is 0.491 e. The minimum atomic E-state index is 0.564. The number of benzene rings is 1. The van der Waals surface area contributed by atoms with Crippen molar-refractivity contribution in [2.24, 2.45) is 0 Å². The van der Waals surface area contributed by atoms with E-state index in [-0.39, 0.29) is 0 Å². The van der Waals surface area contributed by atoms with E-state index in [0.717, 1.165) is 18.8 Å². The summed E-state index contributed by atoms with van der Waals surface area (Å²) in [5, 5.41) is 0. The Bertz CT molecular complexity index is 462. The molecule has 1 aromatic carbocycles. The zero-order chi connectivity index (χ0) is 19.6. The van der Waals surface area contributed by atoms with E-state index >= 15 is 0 Å². The number of hydrogen-bond donors (Lipinski definition) is 2. The highest BCUT2D eigenvalue weighted by atomic mass is 16.5. The van der Waals surface area contributed by atoms with Gasteiger partial charge in [-0.25, -0.2) is 0 Å². The van der Waals surface area contributed by atoms with Crippen molar-refractivity contribution in [1.29, 1.82) is 0 Å². The molecule has 0 saturated heterocycles. The Morgan fingerprint density at radius 1 is 0.630 bits per heavy atom. The van der Waals surface area contributed by atoms with Crippen LogP contribution in [0.4, 0.5) is 11.4 Å². The number of unbranched alkanes of at least 4 members (excludes halogenated alkanes) is 15. The first-order valence-corrected chi connectivity index (χ1v) is 11.5. The summed E-state index contributed by atoms with van der Waals surface area (Å²) in [7, 11) is 0. The number of rotatable bonds is 18. The highest BCUT2D eigenvalue weighted by Gasteiger charge is 2.02. The average Bonchev–Trinajstić information content (AvgIpc) is 2.67. The van der Waals surface area contributed by atoms with Crippen molar-refractivity contribution >= 4 is 11.4 Å². The average molecular weight is 377 g/mol. The van der Waals surface area contributed by atoms with Crippen molar-refractivity contribution in [1.82, 2.24) is 0 Å². The van der Waals surface area contributed by atoms with Crippen molar-refractivity contribution < 1.29 is 4.74 Å². The minimum Gasteiger partial charge on any atom is -0.491 e. The number of nitrogens with two attached hydrogens (primary N) is 2. The molecule has 0 heterocycles. The lowest BCUT2D eigenvalue weighted by Gasteiger charge is -2.10. The maximum absolute atomic E-state index is 5.90. The summed E-state index contributed by atoms with van der Waals surface area (Å²) in [4.78, 5) is 0. The van der Waals surface area contributed by atoms with Crippen molar-refractivity contribution in [3.63, 3.8) is 0 Å². The lowest BCUT2D eigenvalue weighted by atomic mass is 10.0. The monoisotopic (exact) mass is 376 g/mol. The summed E-state index contributed by atoms with van der Waals surface area (Å²) in [5.74, 6) is 0.718. The van der Waals surface area contributed by atoms with Gasteiger partial charge in [0.2, 0.25) is 0 Å². The molecule has 0 fully saturated rings. The summed E-state index contributed by atoms with van der Waals surface area (Å²) in [5.41, 5.74) is 12.8. The van der Waals surface area contributed by atoms with Crippen LogP contribution in [0.5, 0.6) is 5.75 Å². The van der Waals surface area contributed by atoms with E-state index < -0.39 is 0 Å². The molecular formula is C24H44N2O. The Hall–Kier alpha value is -1.38. The lowest BCUT2D eigenvalue weighted by molar-refractivity contribution is 0.306. The van der Waals surface area contributed by atoms with Crippen LogP contribution in [0.15, 0.2) is 18.2 Å². The molecule has 0 aliphatic carbocycles. The summed E-state index contributed by atoms with van der Waals surface area (Å²) >= 11 is 0. The highest BCUT2D eigenvalue weighted by Crippen LogP contribution is 2.27. The third kappa shape index (κ3) is 12.6. The predicted octanol–water partition coefficient (Wildman–Crippen LogP) is 7.49. The van der Waals surface area contributed by atoms with Gasteiger partial charge in [0.1, 0.15) is 5.75 Å². The van der Waals surface area contributed by atoms with Gasteiger partial charge in [-0.2, -0.15) is 0 Å². The first-order chi connectivity index (χ1) is 13.3. The van der Waals surface area contributed by atoms with Gasteiger partial charge < -0.3 is 16.2 Å². The molecule has 0 atom stereocenters. The van der Waals surface area contributed by atoms with Crippen LogP contribution in [-0.2, 0) is 0 Å². The van der Waals surface area contributed by atoms with Gasteiger partial charge in [0.05, 0.1) is 18.0 Å². The van der Waals surface area contributed by atoms with Crippen LogP contribution in [0.3, 0.4) is 0 Å². The summed E-state index contributed by atoms with van der Waals surface area (Å²) in [6, 6.07) is 5.57. The molecule has 156 valence electrons. The van der Waals surface area contributed by atoms with Crippen LogP contribution >= 0.6 is 0 Å². The van der Waals surface area contributed by atoms with Crippen LogP contribution in [0.1, 0.15) is 110 Å². The fourth-order valence-electron chi connectivity index (χ4n) is 3.52. The SMILES string of the molecule is CCCCCCCCCCCCCCCCCCOc1cccc(N)c1N. The van der Waals surface area contributed by atoms with Gasteiger partial charge in [-0.15, -0.1) is 0 Å². The van der Waals surface area contributed by atoms with Gasteiger partial charge in [-0.3, -0.25) is 0 Å². The maximum atomic E-state index is 5.90. The van der Waals surface area contributed by atoms with Crippen LogP contribution in [0, 0.1) is 0 Å². The quantitative estimate of drug-likeness (QED) is 0.206. The third-order valence-electron chi connectivity index (χ3n) is 5.36. The third-order valence-corrected chi connectivity index (χ3v) is 5.36. The fraction of sp³-hybridized carbons (Fsp3) is 0.750. The molecule has 0 spiro atoms. The minimum absolute atomic E-state index is 0.564. The molecular weight excluding hydrogens is 332 g/mol. The molecule has 0 radical (unpaired) electrons. The second-order valence-corrected chi connectivity index (χ2v) is 7.91. The highest BCUT2D eigenvalue weighted by molar-refractivity contribution is 5.70. The first kappa shape index (κ1) is 23.7. The normalized spacial score (nSPS) is 11.0. The Kier molecular flexibility index (Phi) is 14.7. The van der Waals surface area contributed by atoms with Gasteiger partial charge in [0, 0.05) is 0 Å². The number of para-hydroxylation sites is 1. The Balaban J connectivity index is 1.79. The fourth-order valence-corrected chi connectivity index (χ4v) is 3.52. The smallest absolute Gasteiger partial charge is 0.144 e. The molecule has 0 aromatic heterocycles. The number of nitrogen functional groups attached to an aromatic ring is 2. The zero-order valence-electron chi connectivity index (χ0n) is 17.8. The van der Waals surface area contributed by atoms with Crippen molar-refractivity contribution in [2.45, 2.75) is 110 Å². The molecule has 3 nitrogen and oxygen atoms in total. The molecule has 0 aliphatic rings. The van der Waals surface area contributed by atoms with Gasteiger partial charge in [0.25, 0.3) is 0 Å². The van der Waals surface area contributed by atoms with E-state index in [1.165, 1.54) is 96.3 Å². The van der Waals surface area contributed by atoms with Crippen LogP contribution in [-0.4, -0.2) is 6.61 Å². The second-order valence-electron chi connectivity index (χ2n) is 7.91. The molecule has 0 bridgehead atoms. The molecule has 1 rings (SSSR count). The number of hydrogen-bond acceptors (Lipinski definition) is 3. The zero-order valence-corrected chi connectivity index (χ0v) is 17.8. The molecule has 4 N–H and O–H groups in total. The van der Waals surface area contributed by atoms with Gasteiger partial charge in [0.15, 0.2) is 0 Å². The van der Waals surface area contributed by atoms with E-state index in [9.17, 15) is 0 Å². The van der Waals surface area contributed by atoms with Crippen molar-refractivity contribution in [3.05, 3.63) is 18.2 Å². The van der Waals surface area contributed by atoms with Crippen LogP contribution in [0.25, 0.3) is 0 Å². The second kappa shape index (κ2) is 16.8. The van der Waals surface area contributed by atoms with Crippen LogP contribution in [0.2, 0.25) is 0 Å². The van der Waals surface area contributed by atoms with Gasteiger partial charge >= 0.3 is 0 Å². The Labute approximate surface area is 168 Å².